The highest BCUT2D eigenvalue weighted by Gasteiger charge is 2.23. The Morgan fingerprint density at radius 1 is 1.30 bits per heavy atom. The molecule has 13 heteroatoms. The third-order valence-corrected chi connectivity index (χ3v) is 5.28. The van der Waals surface area contributed by atoms with Crippen LogP contribution in [0.1, 0.15) is 5.56 Å². The van der Waals surface area contributed by atoms with Crippen molar-refractivity contribution in [2.45, 2.75) is 0 Å². The van der Waals surface area contributed by atoms with Crippen LogP contribution in [-0.2, 0) is 9.84 Å². The van der Waals surface area contributed by atoms with Crippen LogP contribution in [0.4, 0.5) is 24.8 Å². The lowest BCUT2D eigenvalue weighted by Crippen LogP contribution is -2.27. The van der Waals surface area contributed by atoms with Gasteiger partial charge >= 0.3 is 0 Å². The molecule has 1 aromatic heterocycles. The second-order valence-electron chi connectivity index (χ2n) is 6.34. The molecule has 4 N–H and O–H groups in total. The number of benzene rings is 2. The minimum atomic E-state index is -3.26. The van der Waals surface area contributed by atoms with E-state index >= 15 is 0 Å². The van der Waals surface area contributed by atoms with Gasteiger partial charge in [0.15, 0.2) is 17.5 Å². The van der Waals surface area contributed by atoms with Crippen molar-refractivity contribution in [3.63, 3.8) is 0 Å². The number of aromatic amines is 1. The van der Waals surface area contributed by atoms with Gasteiger partial charge in [0, 0.05) is 18.4 Å². The first-order chi connectivity index (χ1) is 14.0. The van der Waals surface area contributed by atoms with Gasteiger partial charge in [-0.05, 0) is 24.3 Å². The Kier molecular flexibility index (Phi) is 5.92. The van der Waals surface area contributed by atoms with Crippen LogP contribution < -0.4 is 10.4 Å². The number of anilines is 2. The lowest BCUT2D eigenvalue weighted by atomic mass is 10.1. The van der Waals surface area contributed by atoms with Crippen LogP contribution in [0.15, 0.2) is 24.3 Å². The van der Waals surface area contributed by atoms with Crippen LogP contribution in [0.25, 0.3) is 11.0 Å². The van der Waals surface area contributed by atoms with Gasteiger partial charge in [-0.3, -0.25) is 10.6 Å². The van der Waals surface area contributed by atoms with Crippen molar-refractivity contribution in [1.29, 1.82) is 5.41 Å². The second-order valence-corrected chi connectivity index (χ2v) is 9.01. The van der Waals surface area contributed by atoms with Crippen LogP contribution in [0.5, 0.6) is 0 Å². The number of nitrogens with zero attached hydrogens (tertiary/aromatic N) is 2. The molecule has 0 fully saturated rings. The van der Waals surface area contributed by atoms with E-state index in [0.29, 0.717) is 11.1 Å². The quantitative estimate of drug-likeness (QED) is 0.254. The standard InChI is InChI=1S/C17H15ClF3N5O3S/c1-30(28,29)5-4-23-17-24-14-9(7-12(20)13(21)15(14)25-17)16(22)26(27)8-2-3-11(19)10(18)6-8/h2-3,6-7,22,27H,4-5H2,1H3,(H2,23,24,25). The lowest BCUT2D eigenvalue weighted by Gasteiger charge is -2.18. The molecule has 0 radical (unpaired) electrons. The molecular formula is C17H15ClF3N5O3S. The predicted molar refractivity (Wildman–Crippen MR) is 107 cm³/mol. The Labute approximate surface area is 173 Å². The van der Waals surface area contributed by atoms with Gasteiger partial charge in [0.25, 0.3) is 0 Å². The van der Waals surface area contributed by atoms with Crippen LogP contribution in [0.2, 0.25) is 5.02 Å². The number of nitrogens with one attached hydrogen (secondary N) is 3. The van der Waals surface area contributed by atoms with Gasteiger partial charge < -0.3 is 10.3 Å². The first kappa shape index (κ1) is 21.9. The summed E-state index contributed by atoms with van der Waals surface area (Å²) in [5.74, 6) is -4.30. The number of imidazole rings is 1. The summed E-state index contributed by atoms with van der Waals surface area (Å²) in [4.78, 5) is 6.49. The molecule has 0 aliphatic heterocycles. The summed E-state index contributed by atoms with van der Waals surface area (Å²) < 4.78 is 64.0. The molecule has 0 bridgehead atoms. The molecule has 0 unspecified atom stereocenters. The van der Waals surface area contributed by atoms with Crippen molar-refractivity contribution in [2.75, 3.05) is 28.9 Å². The fourth-order valence-electron chi connectivity index (χ4n) is 2.59. The number of hydrogen-bond acceptors (Lipinski definition) is 6. The Balaban J connectivity index is 1.98. The predicted octanol–water partition coefficient (Wildman–Crippen LogP) is 3.31. The molecule has 0 saturated heterocycles. The van der Waals surface area contributed by atoms with Crippen LogP contribution in [-0.4, -0.2) is 48.0 Å². The van der Waals surface area contributed by atoms with Gasteiger partial charge in [0.1, 0.15) is 21.2 Å². The molecule has 8 nitrogen and oxygen atoms in total. The van der Waals surface area contributed by atoms with Gasteiger partial charge in [-0.1, -0.05) is 11.6 Å². The molecule has 0 amide bonds. The molecule has 0 saturated carbocycles. The van der Waals surface area contributed by atoms with E-state index in [1.807, 2.05) is 0 Å². The van der Waals surface area contributed by atoms with Gasteiger partial charge in [0.05, 0.1) is 22.0 Å². The highest BCUT2D eigenvalue weighted by atomic mass is 35.5. The van der Waals surface area contributed by atoms with Crippen molar-refractivity contribution < 1.29 is 26.8 Å². The van der Waals surface area contributed by atoms with E-state index in [1.165, 1.54) is 0 Å². The number of amidine groups is 1. The van der Waals surface area contributed by atoms with Gasteiger partial charge in [-0.15, -0.1) is 0 Å². The van der Waals surface area contributed by atoms with Crippen molar-refractivity contribution >= 4 is 49.9 Å². The zero-order valence-electron chi connectivity index (χ0n) is 15.3. The topological polar surface area (TPSA) is 122 Å². The van der Waals surface area contributed by atoms with Gasteiger partial charge in [-0.2, -0.15) is 0 Å². The van der Waals surface area contributed by atoms with Crippen LogP contribution in [0.3, 0.4) is 0 Å². The molecule has 0 spiro atoms. The molecule has 1 heterocycles. The molecule has 3 aromatic rings. The molecule has 160 valence electrons. The van der Waals surface area contributed by atoms with E-state index in [4.69, 9.17) is 17.0 Å². The smallest absolute Gasteiger partial charge is 0.201 e. The van der Waals surface area contributed by atoms with E-state index in [1.54, 1.807) is 0 Å². The Morgan fingerprint density at radius 2 is 2.00 bits per heavy atom. The Bertz CT molecular complexity index is 1250. The van der Waals surface area contributed by atoms with Crippen molar-refractivity contribution in [3.8, 4) is 0 Å². The minimum Gasteiger partial charge on any atom is -0.355 e. The zero-order valence-corrected chi connectivity index (χ0v) is 16.9. The normalized spacial score (nSPS) is 11.7. The Hall–Kier alpha value is -2.83. The number of halogens is 4. The number of hydrogen-bond donors (Lipinski definition) is 4. The summed E-state index contributed by atoms with van der Waals surface area (Å²) in [6, 6.07) is 3.84. The summed E-state index contributed by atoms with van der Waals surface area (Å²) >= 11 is 5.67. The number of H-pyrrole nitrogens is 1. The first-order valence-electron chi connectivity index (χ1n) is 8.30. The van der Waals surface area contributed by atoms with Crippen molar-refractivity contribution in [1.82, 2.24) is 9.97 Å². The molecule has 0 aliphatic rings. The van der Waals surface area contributed by atoms with Crippen LogP contribution in [0, 0.1) is 22.9 Å². The highest BCUT2D eigenvalue weighted by molar-refractivity contribution is 7.90. The van der Waals surface area contributed by atoms with Crippen molar-refractivity contribution in [3.05, 3.63) is 52.3 Å². The fourth-order valence-corrected chi connectivity index (χ4v) is 3.24. The number of sulfone groups is 1. The third-order valence-electron chi connectivity index (χ3n) is 4.04. The Morgan fingerprint density at radius 3 is 2.63 bits per heavy atom. The zero-order chi connectivity index (χ0) is 22.2. The van der Waals surface area contributed by atoms with Crippen molar-refractivity contribution in [2.24, 2.45) is 0 Å². The fraction of sp³-hybridized carbons (Fsp3) is 0.176. The van der Waals surface area contributed by atoms with Gasteiger partial charge in [0.2, 0.25) is 5.95 Å². The molecule has 0 atom stereocenters. The first-order valence-corrected chi connectivity index (χ1v) is 10.7. The maximum atomic E-state index is 14.2. The second kappa shape index (κ2) is 8.13. The molecule has 2 aromatic carbocycles. The molecule has 0 aliphatic carbocycles. The van der Waals surface area contributed by atoms with Gasteiger partial charge in [-0.25, -0.2) is 31.6 Å². The number of aromatic nitrogens is 2. The number of fused-ring (bicyclic) bond motifs is 1. The average Bonchev–Trinajstić information content (AvgIpc) is 3.09. The summed E-state index contributed by atoms with van der Waals surface area (Å²) in [6.45, 7) is -0.0459. The average molecular weight is 462 g/mol. The number of rotatable bonds is 6. The molecule has 30 heavy (non-hydrogen) atoms. The third kappa shape index (κ3) is 4.50. The van der Waals surface area contributed by atoms with E-state index < -0.39 is 38.6 Å². The van der Waals surface area contributed by atoms with Crippen LogP contribution >= 0.6 is 11.6 Å². The molecular weight excluding hydrogens is 447 g/mol. The summed E-state index contributed by atoms with van der Waals surface area (Å²) in [6.07, 6.45) is 1.04. The SMILES string of the molecule is CS(=O)(=O)CCNc1nc2c(F)c(F)cc(C(=N)N(O)c3ccc(F)c(Cl)c3)c2[nH]1. The summed E-state index contributed by atoms with van der Waals surface area (Å²) in [7, 11) is -3.26. The highest BCUT2D eigenvalue weighted by Crippen LogP contribution is 2.28. The molecule has 3 rings (SSSR count). The van der Waals surface area contributed by atoms with E-state index in [2.05, 4.69) is 15.3 Å². The number of hydroxylamine groups is 1. The van der Waals surface area contributed by atoms with E-state index in [-0.39, 0.29) is 40.0 Å². The summed E-state index contributed by atoms with van der Waals surface area (Å²) in [5.41, 5.74) is -0.916. The monoisotopic (exact) mass is 461 g/mol. The lowest BCUT2D eigenvalue weighted by molar-refractivity contribution is 0.312. The largest absolute Gasteiger partial charge is 0.355 e. The minimum absolute atomic E-state index is 0.0459. The van der Waals surface area contributed by atoms with E-state index in [0.717, 1.165) is 24.5 Å². The maximum absolute atomic E-state index is 14.2. The maximum Gasteiger partial charge on any atom is 0.201 e. The van der Waals surface area contributed by atoms with E-state index in [9.17, 15) is 26.8 Å². The summed E-state index contributed by atoms with van der Waals surface area (Å²) in [5, 5.41) is 21.1.